The molecule has 0 aromatic heterocycles. The number of nitrogen functional groups attached to an aromatic ring is 1. The van der Waals surface area contributed by atoms with Gasteiger partial charge in [-0.25, -0.2) is 0 Å². The number of amides is 1. The maximum atomic E-state index is 12.4. The molecule has 4 N–H and O–H groups in total. The molecule has 0 bridgehead atoms. The lowest BCUT2D eigenvalue weighted by molar-refractivity contribution is 0.0858. The molecule has 3 rings (SSSR count). The van der Waals surface area contributed by atoms with Crippen molar-refractivity contribution in [1.82, 2.24) is 5.32 Å². The highest BCUT2D eigenvalue weighted by Gasteiger charge is 2.32. The van der Waals surface area contributed by atoms with E-state index in [9.17, 15) is 9.90 Å². The van der Waals surface area contributed by atoms with Gasteiger partial charge in [0.05, 0.1) is 28.4 Å². The molecule has 0 aliphatic heterocycles. The normalized spacial score (nSPS) is 20.1. The lowest BCUT2D eigenvalue weighted by Crippen LogP contribution is -2.34. The monoisotopic (exact) mass is 302 g/mol. The lowest BCUT2D eigenvalue weighted by Gasteiger charge is -2.18. The number of nitrogens with one attached hydrogen (secondary N) is 1. The molecule has 0 saturated heterocycles. The summed E-state index contributed by atoms with van der Waals surface area (Å²) in [4.78, 5) is 12.4. The average molecular weight is 303 g/mol. The molecule has 0 unspecified atom stereocenters. The smallest absolute Gasteiger partial charge is 0.253 e. The summed E-state index contributed by atoms with van der Waals surface area (Å²) in [6, 6.07) is 12.2. The van der Waals surface area contributed by atoms with E-state index in [2.05, 4.69) is 5.32 Å². The summed E-state index contributed by atoms with van der Waals surface area (Å²) in [5.41, 5.74) is 8.37. The molecule has 1 aliphatic rings. The molecule has 108 valence electrons. The summed E-state index contributed by atoms with van der Waals surface area (Å²) in [5, 5.41) is 13.2. The molecule has 2 aromatic carbocycles. The lowest BCUT2D eigenvalue weighted by atomic mass is 10.1. The van der Waals surface area contributed by atoms with E-state index in [1.165, 1.54) is 0 Å². The van der Waals surface area contributed by atoms with Crippen molar-refractivity contribution in [3.63, 3.8) is 0 Å². The van der Waals surface area contributed by atoms with Gasteiger partial charge in [-0.1, -0.05) is 41.9 Å². The Morgan fingerprint density at radius 2 is 2.00 bits per heavy atom. The van der Waals surface area contributed by atoms with Gasteiger partial charge >= 0.3 is 0 Å². The van der Waals surface area contributed by atoms with Crippen molar-refractivity contribution in [2.24, 2.45) is 0 Å². The van der Waals surface area contributed by atoms with Crippen molar-refractivity contribution < 1.29 is 9.90 Å². The van der Waals surface area contributed by atoms with E-state index in [1.807, 2.05) is 24.3 Å². The topological polar surface area (TPSA) is 75.4 Å². The second kappa shape index (κ2) is 5.39. The molecule has 4 nitrogen and oxygen atoms in total. The third-order valence-corrected chi connectivity index (χ3v) is 4.19. The Hall–Kier alpha value is -2.04. The number of fused-ring (bicyclic) bond motifs is 1. The first-order valence-corrected chi connectivity index (χ1v) is 7.06. The van der Waals surface area contributed by atoms with Crippen LogP contribution in [0.15, 0.2) is 42.5 Å². The highest BCUT2D eigenvalue weighted by atomic mass is 35.5. The summed E-state index contributed by atoms with van der Waals surface area (Å²) in [7, 11) is 0. The fourth-order valence-corrected chi connectivity index (χ4v) is 2.90. The number of benzene rings is 2. The molecule has 0 fully saturated rings. The van der Waals surface area contributed by atoms with Crippen LogP contribution < -0.4 is 11.1 Å². The standard InChI is InChI=1S/C16H15ClN2O2/c17-14-11(6-3-7-12(14)18)16(21)19-15-10-5-2-1-4-9(10)8-13(15)20/h1-7,13,15,20H,8,18H2,(H,19,21)/t13-,15+/m0/s1. The third kappa shape index (κ3) is 2.48. The number of anilines is 1. The van der Waals surface area contributed by atoms with Gasteiger partial charge in [-0.15, -0.1) is 0 Å². The Balaban J connectivity index is 1.87. The number of carbonyl (C=O) groups excluding carboxylic acids is 1. The van der Waals surface area contributed by atoms with E-state index in [1.54, 1.807) is 18.2 Å². The quantitative estimate of drug-likeness (QED) is 0.745. The van der Waals surface area contributed by atoms with Crippen molar-refractivity contribution in [2.75, 3.05) is 5.73 Å². The van der Waals surface area contributed by atoms with Gasteiger partial charge < -0.3 is 16.2 Å². The van der Waals surface area contributed by atoms with Crippen LogP contribution in [0.3, 0.4) is 0 Å². The Morgan fingerprint density at radius 3 is 2.81 bits per heavy atom. The summed E-state index contributed by atoms with van der Waals surface area (Å²) < 4.78 is 0. The SMILES string of the molecule is Nc1cccc(C(=O)N[C@@H]2c3ccccc3C[C@@H]2O)c1Cl. The minimum Gasteiger partial charge on any atom is -0.398 e. The average Bonchev–Trinajstić information content (AvgIpc) is 2.78. The van der Waals surface area contributed by atoms with Crippen molar-refractivity contribution in [2.45, 2.75) is 18.6 Å². The fraction of sp³-hybridized carbons (Fsp3) is 0.188. The van der Waals surface area contributed by atoms with Gasteiger partial charge in [0.25, 0.3) is 5.91 Å². The van der Waals surface area contributed by atoms with Gasteiger partial charge in [0.1, 0.15) is 0 Å². The number of aliphatic hydroxyl groups excluding tert-OH is 1. The minimum atomic E-state index is -0.633. The second-order valence-electron chi connectivity index (χ2n) is 5.13. The largest absolute Gasteiger partial charge is 0.398 e. The van der Waals surface area contributed by atoms with E-state index >= 15 is 0 Å². The van der Waals surface area contributed by atoms with Crippen LogP contribution in [0.25, 0.3) is 0 Å². The van der Waals surface area contributed by atoms with Gasteiger partial charge in [-0.2, -0.15) is 0 Å². The van der Waals surface area contributed by atoms with Crippen molar-refractivity contribution in [3.05, 3.63) is 64.2 Å². The van der Waals surface area contributed by atoms with Crippen LogP contribution in [-0.2, 0) is 6.42 Å². The van der Waals surface area contributed by atoms with E-state index in [4.69, 9.17) is 17.3 Å². The number of halogens is 1. The van der Waals surface area contributed by atoms with Crippen LogP contribution in [-0.4, -0.2) is 17.1 Å². The molecule has 0 spiro atoms. The third-order valence-electron chi connectivity index (χ3n) is 3.76. The highest BCUT2D eigenvalue weighted by molar-refractivity contribution is 6.36. The van der Waals surface area contributed by atoms with Gasteiger partial charge in [0.15, 0.2) is 0 Å². The molecular weight excluding hydrogens is 288 g/mol. The van der Waals surface area contributed by atoms with E-state index in [0.29, 0.717) is 17.7 Å². The van der Waals surface area contributed by atoms with Gasteiger partial charge in [0.2, 0.25) is 0 Å². The summed E-state index contributed by atoms with van der Waals surface area (Å²) in [5.74, 6) is -0.340. The molecule has 0 radical (unpaired) electrons. The predicted octanol–water partition coefficient (Wildman–Crippen LogP) is 2.31. The maximum Gasteiger partial charge on any atom is 0.253 e. The van der Waals surface area contributed by atoms with Crippen LogP contribution >= 0.6 is 11.6 Å². The van der Waals surface area contributed by atoms with Crippen molar-refractivity contribution in [1.29, 1.82) is 0 Å². The van der Waals surface area contributed by atoms with Crippen molar-refractivity contribution in [3.8, 4) is 0 Å². The first-order chi connectivity index (χ1) is 10.1. The Labute approximate surface area is 127 Å². The number of rotatable bonds is 2. The molecule has 2 aromatic rings. The Bertz CT molecular complexity index is 702. The maximum absolute atomic E-state index is 12.4. The summed E-state index contributed by atoms with van der Waals surface area (Å²) in [6.07, 6.45) is -0.0996. The molecule has 0 saturated carbocycles. The number of nitrogens with two attached hydrogens (primary N) is 1. The van der Waals surface area contributed by atoms with Crippen LogP contribution in [0.5, 0.6) is 0 Å². The first kappa shape index (κ1) is 13.9. The van der Waals surface area contributed by atoms with E-state index < -0.39 is 12.1 Å². The van der Waals surface area contributed by atoms with Crippen molar-refractivity contribution >= 4 is 23.2 Å². The summed E-state index contributed by atoms with van der Waals surface area (Å²) in [6.45, 7) is 0. The Kier molecular flexibility index (Phi) is 3.57. The zero-order chi connectivity index (χ0) is 15.0. The minimum absolute atomic E-state index is 0.232. The zero-order valence-corrected chi connectivity index (χ0v) is 12.0. The molecule has 0 heterocycles. The number of aliphatic hydroxyl groups is 1. The zero-order valence-electron chi connectivity index (χ0n) is 11.2. The molecule has 5 heteroatoms. The summed E-state index contributed by atoms with van der Waals surface area (Å²) >= 11 is 6.06. The van der Waals surface area contributed by atoms with Crippen LogP contribution in [0, 0.1) is 0 Å². The molecule has 1 aliphatic carbocycles. The first-order valence-electron chi connectivity index (χ1n) is 6.68. The molecular formula is C16H15ClN2O2. The van der Waals surface area contributed by atoms with Gasteiger partial charge in [-0.05, 0) is 23.3 Å². The van der Waals surface area contributed by atoms with Gasteiger partial charge in [-0.3, -0.25) is 4.79 Å². The fourth-order valence-electron chi connectivity index (χ4n) is 2.69. The van der Waals surface area contributed by atoms with Crippen LogP contribution in [0.2, 0.25) is 5.02 Å². The van der Waals surface area contributed by atoms with E-state index in [-0.39, 0.29) is 10.9 Å². The van der Waals surface area contributed by atoms with Crippen LogP contribution in [0.4, 0.5) is 5.69 Å². The second-order valence-corrected chi connectivity index (χ2v) is 5.51. The molecule has 1 amide bonds. The number of carbonyl (C=O) groups is 1. The van der Waals surface area contributed by atoms with Gasteiger partial charge in [0, 0.05) is 6.42 Å². The highest BCUT2D eigenvalue weighted by Crippen LogP contribution is 2.32. The Morgan fingerprint density at radius 1 is 1.24 bits per heavy atom. The number of hydrogen-bond donors (Lipinski definition) is 3. The molecule has 21 heavy (non-hydrogen) atoms. The van der Waals surface area contributed by atoms with Crippen LogP contribution in [0.1, 0.15) is 27.5 Å². The predicted molar refractivity (Wildman–Crippen MR) is 82.2 cm³/mol. The van der Waals surface area contributed by atoms with E-state index in [0.717, 1.165) is 11.1 Å². The number of hydrogen-bond acceptors (Lipinski definition) is 3. The molecule has 2 atom stereocenters.